The Morgan fingerprint density at radius 3 is 2.73 bits per heavy atom. The highest BCUT2D eigenvalue weighted by Gasteiger charge is 2.50. The van der Waals surface area contributed by atoms with Gasteiger partial charge in [0.1, 0.15) is 0 Å². The van der Waals surface area contributed by atoms with Crippen molar-refractivity contribution >= 4 is 11.9 Å². The zero-order chi connectivity index (χ0) is 11.5. The molecule has 1 heterocycles. The van der Waals surface area contributed by atoms with E-state index in [9.17, 15) is 9.59 Å². The number of nitriles is 1. The summed E-state index contributed by atoms with van der Waals surface area (Å²) in [6.45, 7) is 4.38. The monoisotopic (exact) mass is 210 g/mol. The lowest BCUT2D eigenvalue weighted by molar-refractivity contribution is -0.151. The fourth-order valence-corrected chi connectivity index (χ4v) is 1.65. The Labute approximate surface area is 88.6 Å². The molecule has 1 aliphatic heterocycles. The second-order valence-corrected chi connectivity index (χ2v) is 3.50. The predicted molar refractivity (Wildman–Crippen MR) is 51.6 cm³/mol. The summed E-state index contributed by atoms with van der Waals surface area (Å²) < 4.78 is 4.82. The van der Waals surface area contributed by atoms with Crippen molar-refractivity contribution in [2.24, 2.45) is 5.41 Å². The van der Waals surface area contributed by atoms with Gasteiger partial charge in [-0.2, -0.15) is 5.26 Å². The van der Waals surface area contributed by atoms with Crippen LogP contribution in [0.1, 0.15) is 20.3 Å². The van der Waals surface area contributed by atoms with Gasteiger partial charge in [-0.1, -0.05) is 0 Å². The molecule has 1 atom stereocenters. The van der Waals surface area contributed by atoms with Crippen molar-refractivity contribution in [1.29, 1.82) is 5.26 Å². The molecule has 0 aromatic rings. The van der Waals surface area contributed by atoms with Crippen molar-refractivity contribution in [2.45, 2.75) is 20.3 Å². The van der Waals surface area contributed by atoms with E-state index in [1.165, 1.54) is 4.90 Å². The minimum Gasteiger partial charge on any atom is -0.465 e. The Balaban J connectivity index is 2.86. The van der Waals surface area contributed by atoms with Crippen LogP contribution in [0.15, 0.2) is 0 Å². The third-order valence-corrected chi connectivity index (χ3v) is 2.53. The Bertz CT molecular complexity index is 321. The van der Waals surface area contributed by atoms with Gasteiger partial charge in [-0.3, -0.25) is 9.59 Å². The van der Waals surface area contributed by atoms with Crippen LogP contribution in [0.5, 0.6) is 0 Å². The summed E-state index contributed by atoms with van der Waals surface area (Å²) in [6, 6.07) is 1.92. The van der Waals surface area contributed by atoms with Crippen LogP contribution in [0, 0.1) is 16.7 Å². The van der Waals surface area contributed by atoms with Crippen LogP contribution in [0.4, 0.5) is 0 Å². The SMILES string of the molecule is CCOC(=O)C1(C#N)CC(=O)N(CC)C1. The molecule has 1 amide bonds. The number of hydrogen-bond acceptors (Lipinski definition) is 4. The van der Waals surface area contributed by atoms with E-state index in [-0.39, 0.29) is 25.5 Å². The van der Waals surface area contributed by atoms with Gasteiger partial charge in [0.25, 0.3) is 0 Å². The van der Waals surface area contributed by atoms with Gasteiger partial charge in [-0.05, 0) is 13.8 Å². The molecule has 0 spiro atoms. The largest absolute Gasteiger partial charge is 0.465 e. The van der Waals surface area contributed by atoms with Gasteiger partial charge in [-0.15, -0.1) is 0 Å². The molecule has 1 fully saturated rings. The number of ether oxygens (including phenoxy) is 1. The van der Waals surface area contributed by atoms with E-state index < -0.39 is 11.4 Å². The van der Waals surface area contributed by atoms with Crippen LogP contribution in [0.3, 0.4) is 0 Å². The van der Waals surface area contributed by atoms with E-state index in [4.69, 9.17) is 10.00 Å². The number of likely N-dealkylation sites (tertiary alicyclic amines) is 1. The maximum atomic E-state index is 11.6. The lowest BCUT2D eigenvalue weighted by atomic mass is 9.89. The van der Waals surface area contributed by atoms with Gasteiger partial charge in [-0.25, -0.2) is 0 Å². The zero-order valence-electron chi connectivity index (χ0n) is 8.95. The summed E-state index contributed by atoms with van der Waals surface area (Å²) in [6.07, 6.45) is -0.0594. The molecule has 0 N–H and O–H groups in total. The third-order valence-electron chi connectivity index (χ3n) is 2.53. The average Bonchev–Trinajstić information content (AvgIpc) is 2.57. The summed E-state index contributed by atoms with van der Waals surface area (Å²) in [5.41, 5.74) is -1.29. The molecule has 0 aromatic carbocycles. The van der Waals surface area contributed by atoms with E-state index in [0.29, 0.717) is 6.54 Å². The van der Waals surface area contributed by atoms with E-state index in [1.807, 2.05) is 13.0 Å². The number of esters is 1. The molecule has 15 heavy (non-hydrogen) atoms. The molecule has 1 saturated heterocycles. The Hall–Kier alpha value is -1.57. The van der Waals surface area contributed by atoms with Crippen molar-refractivity contribution < 1.29 is 14.3 Å². The molecule has 1 aliphatic rings. The molecule has 0 bridgehead atoms. The van der Waals surface area contributed by atoms with Gasteiger partial charge < -0.3 is 9.64 Å². The quantitative estimate of drug-likeness (QED) is 0.628. The molecular weight excluding hydrogens is 196 g/mol. The highest BCUT2D eigenvalue weighted by atomic mass is 16.5. The van der Waals surface area contributed by atoms with Crippen molar-refractivity contribution in [1.82, 2.24) is 4.90 Å². The smallest absolute Gasteiger partial charge is 0.328 e. The Morgan fingerprint density at radius 2 is 2.33 bits per heavy atom. The summed E-state index contributed by atoms with van der Waals surface area (Å²) >= 11 is 0. The van der Waals surface area contributed by atoms with E-state index >= 15 is 0 Å². The van der Waals surface area contributed by atoms with Gasteiger partial charge >= 0.3 is 5.97 Å². The maximum Gasteiger partial charge on any atom is 0.328 e. The van der Waals surface area contributed by atoms with Gasteiger partial charge in [0.05, 0.1) is 25.6 Å². The van der Waals surface area contributed by atoms with Crippen LogP contribution in [-0.4, -0.2) is 36.5 Å². The standard InChI is InChI=1S/C10H14N2O3/c1-3-12-7-10(6-11,5-8(12)13)9(14)15-4-2/h3-5,7H2,1-2H3. The molecule has 0 radical (unpaired) electrons. The summed E-state index contributed by atoms with van der Waals surface area (Å²) in [5.74, 6) is -0.746. The summed E-state index contributed by atoms with van der Waals surface area (Å²) in [7, 11) is 0. The molecule has 1 rings (SSSR count). The van der Waals surface area contributed by atoms with E-state index in [2.05, 4.69) is 0 Å². The average molecular weight is 210 g/mol. The number of carbonyl (C=O) groups excluding carboxylic acids is 2. The molecule has 5 heteroatoms. The van der Waals surface area contributed by atoms with Crippen molar-refractivity contribution in [3.63, 3.8) is 0 Å². The van der Waals surface area contributed by atoms with Crippen LogP contribution < -0.4 is 0 Å². The Morgan fingerprint density at radius 1 is 1.67 bits per heavy atom. The summed E-state index contributed by atoms with van der Waals surface area (Å²) in [4.78, 5) is 24.5. The molecule has 0 aliphatic carbocycles. The number of carbonyl (C=O) groups is 2. The van der Waals surface area contributed by atoms with Crippen LogP contribution in [0.2, 0.25) is 0 Å². The highest BCUT2D eigenvalue weighted by Crippen LogP contribution is 2.31. The third kappa shape index (κ3) is 1.94. The maximum absolute atomic E-state index is 11.6. The number of nitrogens with zero attached hydrogens (tertiary/aromatic N) is 2. The van der Waals surface area contributed by atoms with Gasteiger partial charge in [0.2, 0.25) is 5.91 Å². The van der Waals surface area contributed by atoms with E-state index in [0.717, 1.165) is 0 Å². The minimum atomic E-state index is -1.29. The first kappa shape index (κ1) is 11.5. The zero-order valence-corrected chi connectivity index (χ0v) is 8.95. The van der Waals surface area contributed by atoms with Crippen molar-refractivity contribution in [3.05, 3.63) is 0 Å². The van der Waals surface area contributed by atoms with Crippen molar-refractivity contribution in [3.8, 4) is 6.07 Å². The van der Waals surface area contributed by atoms with Crippen LogP contribution >= 0.6 is 0 Å². The fourth-order valence-electron chi connectivity index (χ4n) is 1.65. The van der Waals surface area contributed by atoms with Crippen molar-refractivity contribution in [2.75, 3.05) is 19.7 Å². The number of rotatable bonds is 3. The topological polar surface area (TPSA) is 70.4 Å². The predicted octanol–water partition coefficient (Wildman–Crippen LogP) is 0.312. The summed E-state index contributed by atoms with van der Waals surface area (Å²) in [5, 5.41) is 9.01. The second kappa shape index (κ2) is 4.30. The first-order chi connectivity index (χ1) is 7.09. The van der Waals surface area contributed by atoms with Crippen LogP contribution in [0.25, 0.3) is 0 Å². The first-order valence-corrected chi connectivity index (χ1v) is 4.96. The molecule has 0 saturated carbocycles. The first-order valence-electron chi connectivity index (χ1n) is 4.96. The van der Waals surface area contributed by atoms with Gasteiger partial charge in [0.15, 0.2) is 5.41 Å². The highest BCUT2D eigenvalue weighted by molar-refractivity contribution is 5.92. The lowest BCUT2D eigenvalue weighted by Gasteiger charge is -2.18. The molecular formula is C10H14N2O3. The minimum absolute atomic E-state index is 0.0594. The molecule has 82 valence electrons. The molecule has 1 unspecified atom stereocenters. The lowest BCUT2D eigenvalue weighted by Crippen LogP contribution is -2.35. The fraction of sp³-hybridized carbons (Fsp3) is 0.700. The normalized spacial score (nSPS) is 25.1. The number of hydrogen-bond donors (Lipinski definition) is 0. The van der Waals surface area contributed by atoms with Crippen LogP contribution in [-0.2, 0) is 14.3 Å². The molecule has 0 aromatic heterocycles. The number of amides is 1. The van der Waals surface area contributed by atoms with E-state index in [1.54, 1.807) is 6.92 Å². The molecule has 5 nitrogen and oxygen atoms in total. The second-order valence-electron chi connectivity index (χ2n) is 3.50. The van der Waals surface area contributed by atoms with Gasteiger partial charge in [0, 0.05) is 6.54 Å². The Kier molecular flexibility index (Phi) is 3.30.